The fraction of sp³-hybridized carbons (Fsp3) is 0.192. The minimum atomic E-state index is -0.754. The maximum atomic E-state index is 13.1. The molecule has 6 nitrogen and oxygen atoms in total. The number of aromatic nitrogens is 1. The number of halogens is 1. The first-order valence-electron chi connectivity index (χ1n) is 10.6. The zero-order valence-corrected chi connectivity index (χ0v) is 19.0. The van der Waals surface area contributed by atoms with Gasteiger partial charge in [0.1, 0.15) is 11.5 Å². The number of benzene rings is 2. The van der Waals surface area contributed by atoms with Gasteiger partial charge < -0.3 is 14.7 Å². The van der Waals surface area contributed by atoms with E-state index in [0.29, 0.717) is 22.9 Å². The van der Waals surface area contributed by atoms with Crippen LogP contribution in [0.1, 0.15) is 35.2 Å². The highest BCUT2D eigenvalue weighted by Gasteiger charge is 2.46. The minimum Gasteiger partial charge on any atom is -0.507 e. The summed E-state index contributed by atoms with van der Waals surface area (Å²) in [5.74, 6) is -1.23. The molecule has 1 aliphatic heterocycles. The number of rotatable bonds is 6. The van der Waals surface area contributed by atoms with Gasteiger partial charge in [0.05, 0.1) is 23.2 Å². The molecule has 3 aromatic rings. The summed E-state index contributed by atoms with van der Waals surface area (Å²) in [7, 11) is 0. The molecule has 4 rings (SSSR count). The zero-order valence-electron chi connectivity index (χ0n) is 18.3. The molecule has 33 heavy (non-hydrogen) atoms. The van der Waals surface area contributed by atoms with Crippen LogP contribution >= 0.6 is 11.6 Å². The van der Waals surface area contributed by atoms with Crippen LogP contribution in [0.4, 0.5) is 0 Å². The molecule has 1 amide bonds. The number of aryl methyl sites for hydroxylation is 1. The molecule has 0 spiro atoms. The highest BCUT2D eigenvalue weighted by molar-refractivity contribution is 6.46. The van der Waals surface area contributed by atoms with Gasteiger partial charge in [-0.15, -0.1) is 0 Å². The standard InChI is InChI=1S/C26H23ClN2O4/c1-3-33-21-11-10-19(13-20(21)27)24(30)22-23(18-8-6-16(2)7-9-18)29(26(32)25(22)31)15-17-5-4-12-28-14-17/h4-14,23,30H,3,15H2,1-2H3/b24-22-. The summed E-state index contributed by atoms with van der Waals surface area (Å²) in [6, 6.07) is 15.2. The molecule has 0 bridgehead atoms. The molecule has 0 radical (unpaired) electrons. The first kappa shape index (κ1) is 22.6. The predicted molar refractivity (Wildman–Crippen MR) is 126 cm³/mol. The van der Waals surface area contributed by atoms with E-state index in [0.717, 1.165) is 16.7 Å². The number of carbonyl (C=O) groups is 2. The molecule has 0 saturated carbocycles. The Labute approximate surface area is 197 Å². The second-order valence-electron chi connectivity index (χ2n) is 7.78. The van der Waals surface area contributed by atoms with Crippen LogP contribution in [0.2, 0.25) is 5.02 Å². The zero-order chi connectivity index (χ0) is 23.5. The maximum Gasteiger partial charge on any atom is 0.295 e. The Balaban J connectivity index is 1.84. The van der Waals surface area contributed by atoms with Crippen molar-refractivity contribution in [3.8, 4) is 5.75 Å². The van der Waals surface area contributed by atoms with Crippen LogP contribution in [-0.4, -0.2) is 33.3 Å². The average Bonchev–Trinajstić information content (AvgIpc) is 3.06. The highest BCUT2D eigenvalue weighted by Crippen LogP contribution is 2.41. The van der Waals surface area contributed by atoms with E-state index in [4.69, 9.17) is 16.3 Å². The summed E-state index contributed by atoms with van der Waals surface area (Å²) >= 11 is 6.30. The number of carbonyl (C=O) groups excluding carboxylic acids is 2. The predicted octanol–water partition coefficient (Wildman–Crippen LogP) is 5.06. The second kappa shape index (κ2) is 9.46. The van der Waals surface area contributed by atoms with Crippen molar-refractivity contribution in [1.82, 2.24) is 9.88 Å². The fourth-order valence-corrected chi connectivity index (χ4v) is 4.14. The van der Waals surface area contributed by atoms with Crippen molar-refractivity contribution in [3.05, 3.63) is 99.8 Å². The third-order valence-electron chi connectivity index (χ3n) is 5.51. The van der Waals surface area contributed by atoms with Crippen LogP contribution < -0.4 is 4.74 Å². The monoisotopic (exact) mass is 462 g/mol. The van der Waals surface area contributed by atoms with E-state index in [-0.39, 0.29) is 17.9 Å². The quantitative estimate of drug-likeness (QED) is 0.314. The molecule has 1 fully saturated rings. The largest absolute Gasteiger partial charge is 0.507 e. The molecule has 2 aromatic carbocycles. The Morgan fingerprint density at radius 2 is 1.91 bits per heavy atom. The molecule has 1 aromatic heterocycles. The van der Waals surface area contributed by atoms with Gasteiger partial charge in [-0.2, -0.15) is 0 Å². The molecule has 168 valence electrons. The molecular formula is C26H23ClN2O4. The lowest BCUT2D eigenvalue weighted by atomic mass is 9.94. The van der Waals surface area contributed by atoms with E-state index < -0.39 is 17.7 Å². The number of hydrogen-bond acceptors (Lipinski definition) is 5. The average molecular weight is 463 g/mol. The van der Waals surface area contributed by atoms with E-state index >= 15 is 0 Å². The first-order chi connectivity index (χ1) is 15.9. The van der Waals surface area contributed by atoms with Gasteiger partial charge in [-0.3, -0.25) is 14.6 Å². The van der Waals surface area contributed by atoms with Crippen LogP contribution in [-0.2, 0) is 16.1 Å². The Bertz CT molecular complexity index is 1220. The van der Waals surface area contributed by atoms with E-state index in [1.807, 2.05) is 44.2 Å². The molecule has 1 aliphatic rings. The Hall–Kier alpha value is -3.64. The summed E-state index contributed by atoms with van der Waals surface area (Å²) in [5.41, 5.74) is 2.90. The number of aliphatic hydroxyl groups excluding tert-OH is 1. The number of ketones is 1. The lowest BCUT2D eigenvalue weighted by Crippen LogP contribution is -2.29. The first-order valence-corrected chi connectivity index (χ1v) is 10.9. The van der Waals surface area contributed by atoms with Crippen LogP contribution in [0, 0.1) is 6.92 Å². The number of likely N-dealkylation sites (tertiary alicyclic amines) is 1. The van der Waals surface area contributed by atoms with Crippen molar-refractivity contribution in [2.24, 2.45) is 0 Å². The molecule has 1 saturated heterocycles. The SMILES string of the molecule is CCOc1ccc(/C(O)=C2/C(=O)C(=O)N(Cc3cccnc3)C2c2ccc(C)cc2)cc1Cl. The van der Waals surface area contributed by atoms with Crippen molar-refractivity contribution >= 4 is 29.1 Å². The van der Waals surface area contributed by atoms with Gasteiger partial charge >= 0.3 is 0 Å². The third-order valence-corrected chi connectivity index (χ3v) is 5.81. The maximum absolute atomic E-state index is 13.1. The normalized spacial score (nSPS) is 17.4. The molecule has 7 heteroatoms. The lowest BCUT2D eigenvalue weighted by molar-refractivity contribution is -0.140. The number of nitrogens with zero attached hydrogens (tertiary/aromatic N) is 2. The number of pyridine rings is 1. The third kappa shape index (κ3) is 4.47. The highest BCUT2D eigenvalue weighted by atomic mass is 35.5. The van der Waals surface area contributed by atoms with E-state index in [1.165, 1.54) is 11.0 Å². The molecular weight excluding hydrogens is 440 g/mol. The van der Waals surface area contributed by atoms with Gasteiger partial charge in [0, 0.05) is 24.5 Å². The van der Waals surface area contributed by atoms with Gasteiger partial charge in [0.2, 0.25) is 0 Å². The van der Waals surface area contributed by atoms with Gasteiger partial charge in [-0.1, -0.05) is 47.5 Å². The van der Waals surface area contributed by atoms with Crippen LogP contribution in [0.25, 0.3) is 5.76 Å². The summed E-state index contributed by atoms with van der Waals surface area (Å²) in [6.07, 6.45) is 3.29. The van der Waals surface area contributed by atoms with Gasteiger partial charge in [-0.25, -0.2) is 0 Å². The minimum absolute atomic E-state index is 0.0213. The van der Waals surface area contributed by atoms with Crippen molar-refractivity contribution in [3.63, 3.8) is 0 Å². The van der Waals surface area contributed by atoms with E-state index in [9.17, 15) is 14.7 Å². The Morgan fingerprint density at radius 3 is 2.55 bits per heavy atom. The number of aliphatic hydroxyl groups is 1. The summed E-state index contributed by atoms with van der Waals surface area (Å²) in [4.78, 5) is 31.8. The van der Waals surface area contributed by atoms with E-state index in [1.54, 1.807) is 30.6 Å². The molecule has 2 heterocycles. The summed E-state index contributed by atoms with van der Waals surface area (Å²) in [6.45, 7) is 4.42. The van der Waals surface area contributed by atoms with Crippen LogP contribution in [0.3, 0.4) is 0 Å². The second-order valence-corrected chi connectivity index (χ2v) is 8.18. The topological polar surface area (TPSA) is 79.7 Å². The van der Waals surface area contributed by atoms with Gasteiger partial charge in [0.15, 0.2) is 0 Å². The Kier molecular flexibility index (Phi) is 6.47. The number of ether oxygens (including phenoxy) is 1. The molecule has 1 unspecified atom stereocenters. The van der Waals surface area contributed by atoms with Crippen molar-refractivity contribution in [2.45, 2.75) is 26.4 Å². The Morgan fingerprint density at radius 1 is 1.15 bits per heavy atom. The molecule has 1 N–H and O–H groups in total. The van der Waals surface area contributed by atoms with Gasteiger partial charge in [-0.05, 0) is 49.2 Å². The number of amides is 1. The van der Waals surface area contributed by atoms with Gasteiger partial charge in [0.25, 0.3) is 11.7 Å². The van der Waals surface area contributed by atoms with Crippen molar-refractivity contribution < 1.29 is 19.4 Å². The van der Waals surface area contributed by atoms with Crippen molar-refractivity contribution in [2.75, 3.05) is 6.61 Å². The number of hydrogen-bond donors (Lipinski definition) is 1. The summed E-state index contributed by atoms with van der Waals surface area (Å²) < 4.78 is 5.46. The molecule has 0 aliphatic carbocycles. The molecule has 1 atom stereocenters. The van der Waals surface area contributed by atoms with Crippen molar-refractivity contribution in [1.29, 1.82) is 0 Å². The van der Waals surface area contributed by atoms with Crippen LogP contribution in [0.5, 0.6) is 5.75 Å². The van der Waals surface area contributed by atoms with Crippen LogP contribution in [0.15, 0.2) is 72.6 Å². The number of Topliss-reactive ketones (excluding diaryl/α,β-unsaturated/α-hetero) is 1. The summed E-state index contributed by atoms with van der Waals surface area (Å²) in [5, 5.41) is 11.5. The smallest absolute Gasteiger partial charge is 0.295 e. The lowest BCUT2D eigenvalue weighted by Gasteiger charge is -2.25. The van der Waals surface area contributed by atoms with E-state index in [2.05, 4.69) is 4.98 Å². The fourth-order valence-electron chi connectivity index (χ4n) is 3.90.